The van der Waals surface area contributed by atoms with Crippen molar-refractivity contribution < 1.29 is 0 Å². The Kier molecular flexibility index (Phi) is 5.91. The van der Waals surface area contributed by atoms with Gasteiger partial charge in [0.25, 0.3) is 0 Å². The van der Waals surface area contributed by atoms with Gasteiger partial charge in [-0.05, 0) is 50.6 Å². The molecule has 1 unspecified atom stereocenters. The quantitative estimate of drug-likeness (QED) is 0.190. The molecule has 39 heavy (non-hydrogen) atoms. The fourth-order valence-corrected chi connectivity index (χ4v) is 8.60. The molecule has 2 aliphatic rings. The van der Waals surface area contributed by atoms with Crippen LogP contribution in [0.2, 0.25) is 0 Å². The second-order valence-electron chi connectivity index (χ2n) is 9.75. The SMILES string of the molecule is Brc1cccc2c1-c1ccccc1C21c2ccccc2-c2c(-c3ccccc3)sc(-c3ccccc3)c21.CC. The van der Waals surface area contributed by atoms with Gasteiger partial charge < -0.3 is 0 Å². The van der Waals surface area contributed by atoms with Gasteiger partial charge in [0, 0.05) is 25.4 Å². The Morgan fingerprint density at radius 1 is 0.487 bits per heavy atom. The van der Waals surface area contributed by atoms with Gasteiger partial charge in [-0.25, -0.2) is 0 Å². The van der Waals surface area contributed by atoms with Crippen molar-refractivity contribution in [2.75, 3.05) is 0 Å². The summed E-state index contributed by atoms with van der Waals surface area (Å²) >= 11 is 5.87. The maximum atomic E-state index is 3.94. The zero-order chi connectivity index (χ0) is 26.6. The van der Waals surface area contributed by atoms with Gasteiger partial charge >= 0.3 is 0 Å². The Labute approximate surface area is 242 Å². The molecule has 2 aliphatic carbocycles. The molecule has 5 aromatic carbocycles. The summed E-state index contributed by atoms with van der Waals surface area (Å²) in [4.78, 5) is 2.70. The van der Waals surface area contributed by atoms with Crippen molar-refractivity contribution in [2.24, 2.45) is 0 Å². The fraction of sp³-hybridized carbons (Fsp3) is 0.0811. The molecular formula is C37H27BrS. The van der Waals surface area contributed by atoms with Gasteiger partial charge in [-0.1, -0.05) is 151 Å². The molecule has 0 N–H and O–H groups in total. The van der Waals surface area contributed by atoms with Crippen molar-refractivity contribution in [3.63, 3.8) is 0 Å². The molecule has 0 amide bonds. The zero-order valence-electron chi connectivity index (χ0n) is 21.9. The van der Waals surface area contributed by atoms with Gasteiger partial charge in [0.05, 0.1) is 5.41 Å². The summed E-state index contributed by atoms with van der Waals surface area (Å²) in [6, 6.07) is 46.7. The van der Waals surface area contributed by atoms with Crippen LogP contribution in [-0.2, 0) is 5.41 Å². The molecule has 0 saturated carbocycles. The van der Waals surface area contributed by atoms with Crippen molar-refractivity contribution in [1.82, 2.24) is 0 Å². The van der Waals surface area contributed by atoms with Crippen LogP contribution in [0.3, 0.4) is 0 Å². The number of halogens is 1. The molecule has 1 aromatic heterocycles. The molecular weight excluding hydrogens is 556 g/mol. The molecule has 6 aromatic rings. The van der Waals surface area contributed by atoms with Gasteiger partial charge in [0.1, 0.15) is 0 Å². The maximum absolute atomic E-state index is 3.94. The summed E-state index contributed by atoms with van der Waals surface area (Å²) in [6.45, 7) is 4.00. The lowest BCUT2D eigenvalue weighted by Crippen LogP contribution is -2.26. The third-order valence-corrected chi connectivity index (χ3v) is 9.92. The summed E-state index contributed by atoms with van der Waals surface area (Å²) in [6.07, 6.45) is 0. The minimum atomic E-state index is -0.365. The highest BCUT2D eigenvalue weighted by molar-refractivity contribution is 9.10. The average molecular weight is 584 g/mol. The van der Waals surface area contributed by atoms with E-state index in [9.17, 15) is 0 Å². The van der Waals surface area contributed by atoms with Crippen LogP contribution in [0.15, 0.2) is 132 Å². The van der Waals surface area contributed by atoms with Crippen LogP contribution in [0, 0.1) is 0 Å². The summed E-state index contributed by atoms with van der Waals surface area (Å²) in [7, 11) is 0. The molecule has 8 rings (SSSR count). The molecule has 1 heterocycles. The van der Waals surface area contributed by atoms with Crippen molar-refractivity contribution in [3.05, 3.63) is 154 Å². The lowest BCUT2D eigenvalue weighted by molar-refractivity contribution is 0.798. The molecule has 2 heteroatoms. The summed E-state index contributed by atoms with van der Waals surface area (Å²) in [5, 5.41) is 0. The van der Waals surface area contributed by atoms with Crippen molar-refractivity contribution in [3.8, 4) is 43.1 Å². The van der Waals surface area contributed by atoms with Gasteiger partial charge in [-0.2, -0.15) is 0 Å². The second kappa shape index (κ2) is 9.48. The van der Waals surface area contributed by atoms with Crippen LogP contribution in [0.1, 0.15) is 36.1 Å². The highest BCUT2D eigenvalue weighted by atomic mass is 79.9. The summed E-state index contributed by atoms with van der Waals surface area (Å²) in [5.41, 5.74) is 13.1. The van der Waals surface area contributed by atoms with Gasteiger partial charge in [-0.15, -0.1) is 11.3 Å². The lowest BCUT2D eigenvalue weighted by atomic mass is 9.70. The van der Waals surface area contributed by atoms with E-state index in [1.165, 1.54) is 65.4 Å². The largest absolute Gasteiger partial charge is 0.134 e. The Morgan fingerprint density at radius 3 is 1.59 bits per heavy atom. The Balaban J connectivity index is 0.00000124. The van der Waals surface area contributed by atoms with E-state index in [4.69, 9.17) is 0 Å². The molecule has 188 valence electrons. The van der Waals surface area contributed by atoms with Crippen LogP contribution < -0.4 is 0 Å². The van der Waals surface area contributed by atoms with Gasteiger partial charge in [0.15, 0.2) is 0 Å². The zero-order valence-corrected chi connectivity index (χ0v) is 24.3. The summed E-state index contributed by atoms with van der Waals surface area (Å²) < 4.78 is 1.15. The highest BCUT2D eigenvalue weighted by Crippen LogP contribution is 2.68. The minimum Gasteiger partial charge on any atom is -0.134 e. The molecule has 0 radical (unpaired) electrons. The topological polar surface area (TPSA) is 0 Å². The van der Waals surface area contributed by atoms with Crippen LogP contribution in [0.25, 0.3) is 43.1 Å². The normalized spacial score (nSPS) is 15.7. The predicted molar refractivity (Wildman–Crippen MR) is 171 cm³/mol. The number of rotatable bonds is 2. The van der Waals surface area contributed by atoms with Crippen LogP contribution in [-0.4, -0.2) is 0 Å². The van der Waals surface area contributed by atoms with E-state index in [0.717, 1.165) is 4.47 Å². The number of hydrogen-bond donors (Lipinski definition) is 0. The van der Waals surface area contributed by atoms with E-state index in [1.54, 1.807) is 0 Å². The van der Waals surface area contributed by atoms with Crippen LogP contribution in [0.5, 0.6) is 0 Å². The molecule has 1 spiro atoms. The van der Waals surface area contributed by atoms with Gasteiger partial charge in [-0.3, -0.25) is 0 Å². The molecule has 0 aliphatic heterocycles. The fourth-order valence-electron chi connectivity index (χ4n) is 6.64. The van der Waals surface area contributed by atoms with E-state index in [2.05, 4.69) is 143 Å². The minimum absolute atomic E-state index is 0.365. The molecule has 0 fully saturated rings. The van der Waals surface area contributed by atoms with E-state index >= 15 is 0 Å². The van der Waals surface area contributed by atoms with E-state index in [1.807, 2.05) is 25.2 Å². The molecule has 0 bridgehead atoms. The average Bonchev–Trinajstić information content (AvgIpc) is 3.64. The van der Waals surface area contributed by atoms with E-state index in [-0.39, 0.29) is 5.41 Å². The molecule has 0 nitrogen and oxygen atoms in total. The smallest absolute Gasteiger partial charge is 0.0740 e. The van der Waals surface area contributed by atoms with Crippen molar-refractivity contribution in [1.29, 1.82) is 0 Å². The number of fused-ring (bicyclic) bond motifs is 10. The third-order valence-electron chi connectivity index (χ3n) is 7.97. The number of benzene rings is 5. The first-order chi connectivity index (χ1) is 19.3. The number of hydrogen-bond acceptors (Lipinski definition) is 1. The Bertz CT molecular complexity index is 1830. The summed E-state index contributed by atoms with van der Waals surface area (Å²) in [5.74, 6) is 0. The van der Waals surface area contributed by atoms with Crippen LogP contribution in [0.4, 0.5) is 0 Å². The second-order valence-corrected chi connectivity index (χ2v) is 11.6. The van der Waals surface area contributed by atoms with Gasteiger partial charge in [0.2, 0.25) is 0 Å². The monoisotopic (exact) mass is 582 g/mol. The Morgan fingerprint density at radius 2 is 0.974 bits per heavy atom. The molecule has 1 atom stereocenters. The predicted octanol–water partition coefficient (Wildman–Crippen LogP) is 11.2. The number of thiophene rings is 1. The molecule has 0 saturated heterocycles. The first-order valence-corrected chi connectivity index (χ1v) is 15.2. The third kappa shape index (κ3) is 3.28. The Hall–Kier alpha value is -3.72. The van der Waals surface area contributed by atoms with E-state index in [0.29, 0.717) is 0 Å². The first kappa shape index (κ1) is 24.3. The maximum Gasteiger partial charge on any atom is 0.0740 e. The lowest BCUT2D eigenvalue weighted by Gasteiger charge is -2.31. The highest BCUT2D eigenvalue weighted by Gasteiger charge is 2.54. The first-order valence-electron chi connectivity index (χ1n) is 13.6. The van der Waals surface area contributed by atoms with Crippen LogP contribution >= 0.6 is 27.3 Å². The standard InChI is InChI=1S/C35H21BrS.C2H6/c36-29-21-11-20-28-30(29)24-16-7-9-18-26(24)35(28)27-19-10-8-17-25(27)31-32(35)34(23-14-5-2-6-15-23)37-33(31)22-12-3-1-4-13-22;1-2/h1-21H;1-2H3. The van der Waals surface area contributed by atoms with Crippen molar-refractivity contribution >= 4 is 27.3 Å². The van der Waals surface area contributed by atoms with Crippen molar-refractivity contribution in [2.45, 2.75) is 19.3 Å². The van der Waals surface area contributed by atoms with E-state index < -0.39 is 0 Å².